The lowest BCUT2D eigenvalue weighted by atomic mass is 10.1. The number of carbonyl (C=O) groups excluding carboxylic acids is 1. The number of hydrogen-bond donors (Lipinski definition) is 3. The molecule has 4 rings (SSSR count). The molecule has 184 valence electrons. The molecule has 1 aliphatic rings. The fourth-order valence-corrected chi connectivity index (χ4v) is 4.15. The molecule has 4 N–H and O–H groups in total. The van der Waals surface area contributed by atoms with Crippen LogP contribution in [0, 0.1) is 11.6 Å². The van der Waals surface area contributed by atoms with Gasteiger partial charge >= 0.3 is 0 Å². The monoisotopic (exact) mass is 482 g/mol. The van der Waals surface area contributed by atoms with Gasteiger partial charge in [-0.3, -0.25) is 9.78 Å². The molecule has 1 atom stereocenters. The van der Waals surface area contributed by atoms with E-state index in [0.29, 0.717) is 43.9 Å². The lowest BCUT2D eigenvalue weighted by Crippen LogP contribution is -2.27. The van der Waals surface area contributed by atoms with Gasteiger partial charge in [0.2, 0.25) is 6.41 Å². The summed E-state index contributed by atoms with van der Waals surface area (Å²) in [7, 11) is 0. The number of pyridine rings is 2. The zero-order valence-electron chi connectivity index (χ0n) is 19.2. The number of hydrogen-bond acceptors (Lipinski definition) is 7. The topological polar surface area (TPSA) is 108 Å². The van der Waals surface area contributed by atoms with E-state index in [1.54, 1.807) is 23.2 Å². The van der Waals surface area contributed by atoms with E-state index in [0.717, 1.165) is 11.1 Å². The van der Waals surface area contributed by atoms with Gasteiger partial charge in [0, 0.05) is 38.4 Å². The third-order valence-corrected chi connectivity index (χ3v) is 5.95. The molecular formula is C25H28F2N6O2. The highest BCUT2D eigenvalue weighted by Crippen LogP contribution is 2.32. The van der Waals surface area contributed by atoms with Crippen molar-refractivity contribution in [3.63, 3.8) is 0 Å². The molecule has 1 aromatic carbocycles. The summed E-state index contributed by atoms with van der Waals surface area (Å²) in [5.41, 5.74) is 8.21. The summed E-state index contributed by atoms with van der Waals surface area (Å²) >= 11 is 0. The van der Waals surface area contributed by atoms with Crippen LogP contribution in [0.2, 0.25) is 0 Å². The van der Waals surface area contributed by atoms with Crippen LogP contribution in [0.25, 0.3) is 0 Å². The first-order chi connectivity index (χ1) is 17.0. The fraction of sp³-hybridized carbons (Fsp3) is 0.320. The van der Waals surface area contributed by atoms with Crippen LogP contribution in [0.1, 0.15) is 23.2 Å². The maximum Gasteiger partial charge on any atom is 0.214 e. The second kappa shape index (κ2) is 11.2. The van der Waals surface area contributed by atoms with Crippen molar-refractivity contribution < 1.29 is 18.7 Å². The van der Waals surface area contributed by atoms with Crippen molar-refractivity contribution in [2.24, 2.45) is 5.73 Å². The van der Waals surface area contributed by atoms with Crippen molar-refractivity contribution >= 4 is 23.7 Å². The molecule has 0 unspecified atom stereocenters. The lowest BCUT2D eigenvalue weighted by molar-refractivity contribution is -0.107. The lowest BCUT2D eigenvalue weighted by Gasteiger charge is -2.25. The second-order valence-electron chi connectivity index (χ2n) is 8.40. The first-order valence-corrected chi connectivity index (χ1v) is 11.4. The summed E-state index contributed by atoms with van der Waals surface area (Å²) in [4.78, 5) is 23.9. The van der Waals surface area contributed by atoms with E-state index in [9.17, 15) is 14.3 Å². The molecule has 35 heavy (non-hydrogen) atoms. The van der Waals surface area contributed by atoms with Gasteiger partial charge in [-0.25, -0.2) is 13.8 Å². The molecule has 10 heteroatoms. The summed E-state index contributed by atoms with van der Waals surface area (Å²) in [6, 6.07) is 11.1. The van der Waals surface area contributed by atoms with Crippen LogP contribution >= 0.6 is 0 Å². The number of benzene rings is 1. The zero-order chi connectivity index (χ0) is 24.8. The van der Waals surface area contributed by atoms with Gasteiger partial charge in [-0.1, -0.05) is 18.2 Å². The van der Waals surface area contributed by atoms with Gasteiger partial charge in [0.15, 0.2) is 17.5 Å². The molecule has 0 saturated carbocycles. The number of aliphatic hydroxyl groups excluding tert-OH is 1. The van der Waals surface area contributed by atoms with Gasteiger partial charge in [-0.05, 0) is 42.2 Å². The van der Waals surface area contributed by atoms with E-state index in [4.69, 9.17) is 5.73 Å². The normalized spacial score (nSPS) is 15.3. The first-order valence-electron chi connectivity index (χ1n) is 11.4. The van der Waals surface area contributed by atoms with Gasteiger partial charge in [-0.2, -0.15) is 0 Å². The Kier molecular flexibility index (Phi) is 7.84. The van der Waals surface area contributed by atoms with Crippen LogP contribution in [0.3, 0.4) is 0 Å². The molecule has 3 aromatic rings. The van der Waals surface area contributed by atoms with Crippen molar-refractivity contribution in [2.75, 3.05) is 34.8 Å². The fourth-order valence-electron chi connectivity index (χ4n) is 4.15. The first kappa shape index (κ1) is 24.5. The van der Waals surface area contributed by atoms with Crippen LogP contribution in [-0.2, 0) is 24.3 Å². The summed E-state index contributed by atoms with van der Waals surface area (Å²) < 4.78 is 28.7. The third-order valence-electron chi connectivity index (χ3n) is 5.95. The number of aliphatic hydroxyl groups is 1. The smallest absolute Gasteiger partial charge is 0.214 e. The van der Waals surface area contributed by atoms with E-state index in [2.05, 4.69) is 15.3 Å². The standard InChI is InChI=1S/C25H28F2N6O2/c26-19-5-1-3-17(11-19)6-9-30-24-23(12-21(27)25(31-24)32-10-7-20(35)15-32)33(16-34)14-18-4-2-8-29-22(18)13-28/h1-5,8,11-12,16,20,35H,6-7,9-10,13-15,28H2,(H,30,31)/t20-/m1/s1. The molecule has 8 nitrogen and oxygen atoms in total. The molecule has 0 bridgehead atoms. The van der Waals surface area contributed by atoms with Crippen LogP contribution in [0.5, 0.6) is 0 Å². The summed E-state index contributed by atoms with van der Waals surface area (Å²) in [5.74, 6) is -0.503. The highest BCUT2D eigenvalue weighted by molar-refractivity contribution is 5.83. The number of halogens is 2. The number of anilines is 3. The Morgan fingerprint density at radius 1 is 1.26 bits per heavy atom. The molecule has 1 aliphatic heterocycles. The van der Waals surface area contributed by atoms with Crippen molar-refractivity contribution in [3.05, 3.63) is 77.1 Å². The number of aromatic nitrogens is 2. The molecule has 0 radical (unpaired) electrons. The highest BCUT2D eigenvalue weighted by Gasteiger charge is 2.26. The molecular weight excluding hydrogens is 454 g/mol. The quantitative estimate of drug-likeness (QED) is 0.381. The minimum atomic E-state index is -0.595. The predicted molar refractivity (Wildman–Crippen MR) is 130 cm³/mol. The molecule has 3 heterocycles. The van der Waals surface area contributed by atoms with E-state index in [1.807, 2.05) is 12.1 Å². The number of amides is 1. The number of rotatable bonds is 10. The molecule has 1 fully saturated rings. The Labute approximate surface area is 202 Å². The van der Waals surface area contributed by atoms with Crippen LogP contribution in [0.15, 0.2) is 48.7 Å². The van der Waals surface area contributed by atoms with E-state index in [-0.39, 0.29) is 37.0 Å². The van der Waals surface area contributed by atoms with Crippen LogP contribution < -0.4 is 20.9 Å². The molecule has 1 amide bonds. The van der Waals surface area contributed by atoms with E-state index >= 15 is 4.39 Å². The van der Waals surface area contributed by atoms with Gasteiger partial charge in [0.25, 0.3) is 0 Å². The Hall–Kier alpha value is -3.63. The number of carbonyl (C=O) groups is 1. The molecule has 2 aromatic heterocycles. The van der Waals surface area contributed by atoms with E-state index in [1.165, 1.54) is 23.1 Å². The minimum Gasteiger partial charge on any atom is -0.391 e. The number of nitrogens with zero attached hydrogens (tertiary/aromatic N) is 4. The Balaban J connectivity index is 1.64. The number of nitrogens with one attached hydrogen (secondary N) is 1. The summed E-state index contributed by atoms with van der Waals surface area (Å²) in [6.45, 7) is 1.46. The van der Waals surface area contributed by atoms with Crippen molar-refractivity contribution in [2.45, 2.75) is 32.0 Å². The average molecular weight is 483 g/mol. The Morgan fingerprint density at radius 2 is 2.11 bits per heavy atom. The third kappa shape index (κ3) is 5.90. The molecule has 0 aliphatic carbocycles. The van der Waals surface area contributed by atoms with Gasteiger partial charge in [0.1, 0.15) is 5.82 Å². The molecule has 0 spiro atoms. The predicted octanol–water partition coefficient (Wildman–Crippen LogP) is 2.60. The van der Waals surface area contributed by atoms with Gasteiger partial charge in [0.05, 0.1) is 24.0 Å². The number of β-amino-alcohol motifs (C(OH)–C–C–N with tert-alkyl or cyclic N) is 1. The van der Waals surface area contributed by atoms with Crippen molar-refractivity contribution in [1.29, 1.82) is 0 Å². The van der Waals surface area contributed by atoms with Crippen molar-refractivity contribution in [3.8, 4) is 0 Å². The van der Waals surface area contributed by atoms with E-state index < -0.39 is 11.9 Å². The maximum atomic E-state index is 15.2. The SMILES string of the molecule is NCc1ncccc1CN(C=O)c1cc(F)c(N2CC[C@@H](O)C2)nc1NCCc1cccc(F)c1. The summed E-state index contributed by atoms with van der Waals surface area (Å²) in [5, 5.41) is 13.1. The Morgan fingerprint density at radius 3 is 2.83 bits per heavy atom. The minimum absolute atomic E-state index is 0.105. The summed E-state index contributed by atoms with van der Waals surface area (Å²) in [6.07, 6.45) is 2.70. The van der Waals surface area contributed by atoms with Crippen LogP contribution in [-0.4, -0.2) is 47.2 Å². The van der Waals surface area contributed by atoms with Crippen molar-refractivity contribution in [1.82, 2.24) is 9.97 Å². The number of nitrogens with two attached hydrogens (primary N) is 1. The van der Waals surface area contributed by atoms with Gasteiger partial charge in [-0.15, -0.1) is 0 Å². The second-order valence-corrected chi connectivity index (χ2v) is 8.40. The maximum absolute atomic E-state index is 15.2. The molecule has 1 saturated heterocycles. The van der Waals surface area contributed by atoms with Gasteiger partial charge < -0.3 is 26.0 Å². The zero-order valence-corrected chi connectivity index (χ0v) is 19.2. The Bertz CT molecular complexity index is 1180. The van der Waals surface area contributed by atoms with Crippen LogP contribution in [0.4, 0.5) is 26.1 Å². The average Bonchev–Trinajstić information content (AvgIpc) is 3.29. The highest BCUT2D eigenvalue weighted by atomic mass is 19.1. The largest absolute Gasteiger partial charge is 0.391 e.